The molecule has 0 amide bonds. The third-order valence-corrected chi connectivity index (χ3v) is 6.39. The summed E-state index contributed by atoms with van der Waals surface area (Å²) in [5, 5.41) is 29.7. The molecule has 0 aromatic heterocycles. The maximum absolute atomic E-state index is 12.0. The summed E-state index contributed by atoms with van der Waals surface area (Å²) in [5.74, 6) is -0.739. The minimum Gasteiger partial charge on any atom is -0.459 e. The van der Waals surface area contributed by atoms with Crippen LogP contribution in [0, 0.1) is 23.7 Å². The first-order chi connectivity index (χ1) is 10.1. The van der Waals surface area contributed by atoms with Crippen molar-refractivity contribution in [2.75, 3.05) is 19.8 Å². The Morgan fingerprint density at radius 3 is 2.57 bits per heavy atom. The highest BCUT2D eigenvalue weighted by molar-refractivity contribution is 5.82. The van der Waals surface area contributed by atoms with E-state index in [1.54, 1.807) is 0 Å². The standard InChI is InChI=1S/C15H22O6/c16-5-8-1-2-9-11(8)12-10(3-4-14(9)7-20-14)15(19,6-17)13(18)21-12/h8-12,16-17,19H,1-7H2/t8-,9+,10+,11-,12-,14-,15-/m0/s1. The molecule has 4 fully saturated rings. The number of rotatable bonds is 2. The second kappa shape index (κ2) is 4.41. The first-order valence-corrected chi connectivity index (χ1v) is 7.85. The Labute approximate surface area is 123 Å². The Morgan fingerprint density at radius 1 is 1.19 bits per heavy atom. The number of aliphatic hydroxyl groups is 3. The van der Waals surface area contributed by atoms with Crippen molar-refractivity contribution in [3.05, 3.63) is 0 Å². The minimum absolute atomic E-state index is 0.0227. The van der Waals surface area contributed by atoms with E-state index in [0.29, 0.717) is 6.42 Å². The van der Waals surface area contributed by atoms with Gasteiger partial charge in [-0.1, -0.05) is 0 Å². The number of esters is 1. The molecule has 2 aliphatic carbocycles. The smallest absolute Gasteiger partial charge is 0.341 e. The lowest BCUT2D eigenvalue weighted by atomic mass is 9.75. The zero-order valence-electron chi connectivity index (χ0n) is 11.9. The molecule has 1 spiro atoms. The van der Waals surface area contributed by atoms with Crippen molar-refractivity contribution in [3.63, 3.8) is 0 Å². The monoisotopic (exact) mass is 298 g/mol. The lowest BCUT2D eigenvalue weighted by Crippen LogP contribution is -2.46. The summed E-state index contributed by atoms with van der Waals surface area (Å²) in [4.78, 5) is 12.0. The molecular formula is C15H22O6. The van der Waals surface area contributed by atoms with Crippen LogP contribution in [-0.4, -0.2) is 58.4 Å². The first-order valence-electron chi connectivity index (χ1n) is 7.85. The van der Waals surface area contributed by atoms with E-state index >= 15 is 0 Å². The molecule has 2 aliphatic heterocycles. The highest BCUT2D eigenvalue weighted by Crippen LogP contribution is 2.59. The molecule has 21 heavy (non-hydrogen) atoms. The Bertz CT molecular complexity index is 461. The van der Waals surface area contributed by atoms with Crippen LogP contribution in [0.4, 0.5) is 0 Å². The summed E-state index contributed by atoms with van der Waals surface area (Å²) < 4.78 is 11.3. The molecule has 7 atom stereocenters. The summed E-state index contributed by atoms with van der Waals surface area (Å²) >= 11 is 0. The van der Waals surface area contributed by atoms with Crippen LogP contribution >= 0.6 is 0 Å². The zero-order chi connectivity index (χ0) is 14.8. The molecule has 0 bridgehead atoms. The van der Waals surface area contributed by atoms with Crippen molar-refractivity contribution in [2.24, 2.45) is 23.7 Å². The van der Waals surface area contributed by atoms with Crippen LogP contribution in [0.1, 0.15) is 25.7 Å². The molecule has 6 heteroatoms. The van der Waals surface area contributed by atoms with Crippen molar-refractivity contribution in [1.29, 1.82) is 0 Å². The molecule has 6 nitrogen and oxygen atoms in total. The normalized spacial score (nSPS) is 55.0. The van der Waals surface area contributed by atoms with Gasteiger partial charge in [0.15, 0.2) is 5.60 Å². The number of fused-ring (bicyclic) bond motifs is 4. The van der Waals surface area contributed by atoms with E-state index in [9.17, 15) is 20.1 Å². The number of ether oxygens (including phenoxy) is 2. The fourth-order valence-electron chi connectivity index (χ4n) is 5.13. The Hall–Kier alpha value is -0.690. The van der Waals surface area contributed by atoms with Gasteiger partial charge >= 0.3 is 5.97 Å². The van der Waals surface area contributed by atoms with Gasteiger partial charge in [0.2, 0.25) is 0 Å². The number of epoxide rings is 1. The molecule has 3 N–H and O–H groups in total. The molecule has 0 unspecified atom stereocenters. The van der Waals surface area contributed by atoms with Crippen LogP contribution in [0.2, 0.25) is 0 Å². The van der Waals surface area contributed by atoms with Gasteiger partial charge in [0.1, 0.15) is 6.10 Å². The van der Waals surface area contributed by atoms with Crippen molar-refractivity contribution in [1.82, 2.24) is 0 Å². The van der Waals surface area contributed by atoms with Crippen molar-refractivity contribution in [2.45, 2.75) is 43.0 Å². The molecule has 2 saturated carbocycles. The Balaban J connectivity index is 1.73. The summed E-state index contributed by atoms with van der Waals surface area (Å²) in [6.07, 6.45) is 2.84. The van der Waals surface area contributed by atoms with Gasteiger partial charge in [-0.25, -0.2) is 4.79 Å². The number of hydrogen-bond donors (Lipinski definition) is 3. The van der Waals surface area contributed by atoms with Gasteiger partial charge in [0.05, 0.1) is 18.8 Å². The summed E-state index contributed by atoms with van der Waals surface area (Å²) in [6, 6.07) is 0. The van der Waals surface area contributed by atoms with Crippen molar-refractivity contribution < 1.29 is 29.6 Å². The first kappa shape index (κ1) is 13.9. The van der Waals surface area contributed by atoms with Gasteiger partial charge in [-0.05, 0) is 37.5 Å². The van der Waals surface area contributed by atoms with E-state index in [1.165, 1.54) is 0 Å². The minimum atomic E-state index is -1.79. The topological polar surface area (TPSA) is 99.5 Å². The van der Waals surface area contributed by atoms with E-state index in [4.69, 9.17) is 9.47 Å². The maximum Gasteiger partial charge on any atom is 0.341 e. The van der Waals surface area contributed by atoms with Crippen LogP contribution in [0.25, 0.3) is 0 Å². The van der Waals surface area contributed by atoms with E-state index in [2.05, 4.69) is 0 Å². The highest BCUT2D eigenvalue weighted by atomic mass is 16.6. The van der Waals surface area contributed by atoms with E-state index in [1.807, 2.05) is 0 Å². The van der Waals surface area contributed by atoms with Gasteiger partial charge in [0, 0.05) is 18.4 Å². The second-order valence-corrected chi connectivity index (χ2v) is 7.15. The fourth-order valence-corrected chi connectivity index (χ4v) is 5.13. The number of aliphatic hydroxyl groups excluding tert-OH is 2. The molecule has 0 aromatic carbocycles. The average molecular weight is 298 g/mol. The summed E-state index contributed by atoms with van der Waals surface area (Å²) in [7, 11) is 0. The third kappa shape index (κ3) is 1.70. The van der Waals surface area contributed by atoms with Crippen molar-refractivity contribution in [3.8, 4) is 0 Å². The molecule has 0 aromatic rings. The van der Waals surface area contributed by atoms with Crippen LogP contribution in [0.15, 0.2) is 0 Å². The molecule has 4 aliphatic rings. The third-order valence-electron chi connectivity index (χ3n) is 6.39. The van der Waals surface area contributed by atoms with Gasteiger partial charge in [-0.3, -0.25) is 0 Å². The number of carbonyl (C=O) groups excluding carboxylic acids is 1. The predicted octanol–water partition coefficient (Wildman–Crippen LogP) is -0.551. The van der Waals surface area contributed by atoms with Gasteiger partial charge in [-0.2, -0.15) is 0 Å². The van der Waals surface area contributed by atoms with E-state index < -0.39 is 30.2 Å². The number of carbonyl (C=O) groups is 1. The largest absolute Gasteiger partial charge is 0.459 e. The Morgan fingerprint density at radius 2 is 1.95 bits per heavy atom. The SMILES string of the molecule is O=C1O[C@@H]2[C@H]3[C@H](CO)CC[C@H]3[C@]3(CC[C@H]2[C@@]1(O)CO)CO3. The fraction of sp³-hybridized carbons (Fsp3) is 0.933. The highest BCUT2D eigenvalue weighted by Gasteiger charge is 2.68. The quantitative estimate of drug-likeness (QED) is 0.467. The molecule has 2 saturated heterocycles. The lowest BCUT2D eigenvalue weighted by molar-refractivity contribution is -0.160. The Kier molecular flexibility index (Phi) is 2.93. The lowest BCUT2D eigenvalue weighted by Gasteiger charge is -2.31. The van der Waals surface area contributed by atoms with Crippen LogP contribution in [0.5, 0.6) is 0 Å². The van der Waals surface area contributed by atoms with Gasteiger partial charge in [0.25, 0.3) is 0 Å². The van der Waals surface area contributed by atoms with E-state index in [-0.39, 0.29) is 30.0 Å². The molecule has 4 rings (SSSR count). The van der Waals surface area contributed by atoms with Crippen LogP contribution in [0.3, 0.4) is 0 Å². The van der Waals surface area contributed by atoms with Crippen molar-refractivity contribution >= 4 is 5.97 Å². The van der Waals surface area contributed by atoms with Crippen LogP contribution in [-0.2, 0) is 14.3 Å². The molecular weight excluding hydrogens is 276 g/mol. The molecule has 118 valence electrons. The summed E-state index contributed by atoms with van der Waals surface area (Å²) in [5.41, 5.74) is -1.94. The average Bonchev–Trinajstić information content (AvgIpc) is 3.10. The van der Waals surface area contributed by atoms with Gasteiger partial charge < -0.3 is 24.8 Å². The second-order valence-electron chi connectivity index (χ2n) is 7.15. The van der Waals surface area contributed by atoms with E-state index in [0.717, 1.165) is 25.9 Å². The molecule has 2 heterocycles. The van der Waals surface area contributed by atoms with Crippen LogP contribution < -0.4 is 0 Å². The molecule has 0 radical (unpaired) electrons. The maximum atomic E-state index is 12.0. The predicted molar refractivity (Wildman–Crippen MR) is 70.1 cm³/mol. The number of hydrogen-bond acceptors (Lipinski definition) is 6. The zero-order valence-corrected chi connectivity index (χ0v) is 11.9. The van der Waals surface area contributed by atoms with Gasteiger partial charge in [-0.15, -0.1) is 0 Å². The summed E-state index contributed by atoms with van der Waals surface area (Å²) in [6.45, 7) is 0.175.